The summed E-state index contributed by atoms with van der Waals surface area (Å²) >= 11 is 0. The number of allylic oxidation sites excluding steroid dienone is 2. The summed E-state index contributed by atoms with van der Waals surface area (Å²) in [5.74, 6) is 0.866. The number of aromatic nitrogens is 1. The smallest absolute Gasteiger partial charge is 0.347 e. The van der Waals surface area contributed by atoms with Gasteiger partial charge in [0.25, 0.3) is 0 Å². The van der Waals surface area contributed by atoms with Crippen LogP contribution in [0.15, 0.2) is 50.9 Å². The minimum atomic E-state index is -0.403. The first-order valence-electron chi connectivity index (χ1n) is 8.23. The van der Waals surface area contributed by atoms with E-state index in [2.05, 4.69) is 40.1 Å². The first kappa shape index (κ1) is 17.1. The van der Waals surface area contributed by atoms with E-state index in [0.717, 1.165) is 31.7 Å². The van der Waals surface area contributed by atoms with Crippen LogP contribution in [-0.2, 0) is 0 Å². The van der Waals surface area contributed by atoms with Crippen molar-refractivity contribution in [1.29, 1.82) is 0 Å². The molecule has 0 amide bonds. The van der Waals surface area contributed by atoms with Crippen molar-refractivity contribution >= 4 is 23.2 Å². The van der Waals surface area contributed by atoms with Crippen molar-refractivity contribution in [3.8, 4) is 0 Å². The van der Waals surface area contributed by atoms with E-state index < -0.39 is 5.63 Å². The molecule has 6 heteroatoms. The highest BCUT2D eigenvalue weighted by atomic mass is 16.4. The van der Waals surface area contributed by atoms with Crippen LogP contribution in [0.3, 0.4) is 0 Å². The molecule has 0 atom stereocenters. The fourth-order valence-corrected chi connectivity index (χ4v) is 3.05. The summed E-state index contributed by atoms with van der Waals surface area (Å²) < 4.78 is 5.50. The molecule has 0 N–H and O–H groups in total. The zero-order chi connectivity index (χ0) is 18.0. The second kappa shape index (κ2) is 7.03. The van der Waals surface area contributed by atoms with Crippen LogP contribution in [0, 0.1) is 6.92 Å². The monoisotopic (exact) mass is 338 g/mol. The van der Waals surface area contributed by atoms with Crippen molar-refractivity contribution in [2.45, 2.75) is 6.92 Å². The molecule has 3 rings (SSSR count). The average molecular weight is 338 g/mol. The van der Waals surface area contributed by atoms with E-state index in [1.165, 1.54) is 0 Å². The van der Waals surface area contributed by atoms with E-state index in [4.69, 9.17) is 4.42 Å². The van der Waals surface area contributed by atoms with Crippen LogP contribution in [0.25, 0.3) is 16.5 Å². The molecule has 0 radical (unpaired) electrons. The number of hydrogen-bond acceptors (Lipinski definition) is 6. The lowest BCUT2D eigenvalue weighted by Gasteiger charge is -2.34. The number of hydrogen-bond donors (Lipinski definition) is 0. The van der Waals surface area contributed by atoms with Gasteiger partial charge >= 0.3 is 5.63 Å². The number of piperazine rings is 1. The Morgan fingerprint density at radius 3 is 2.68 bits per heavy atom. The van der Waals surface area contributed by atoms with Crippen molar-refractivity contribution < 1.29 is 4.42 Å². The fourth-order valence-electron chi connectivity index (χ4n) is 3.05. The Labute approximate surface area is 146 Å². The lowest BCUT2D eigenvalue weighted by molar-refractivity contribution is 0.186. The van der Waals surface area contributed by atoms with Gasteiger partial charge in [0.05, 0.1) is 16.5 Å². The van der Waals surface area contributed by atoms with Gasteiger partial charge in [0, 0.05) is 26.2 Å². The zero-order valence-electron chi connectivity index (χ0n) is 14.7. The highest BCUT2D eigenvalue weighted by Gasteiger charge is 2.21. The number of rotatable bonds is 4. The van der Waals surface area contributed by atoms with Crippen LogP contribution < -0.4 is 5.63 Å². The van der Waals surface area contributed by atoms with Gasteiger partial charge in [-0.2, -0.15) is 0 Å². The van der Waals surface area contributed by atoms with Crippen molar-refractivity contribution in [2.24, 2.45) is 4.99 Å². The van der Waals surface area contributed by atoms with Gasteiger partial charge in [-0.15, -0.1) is 0 Å². The molecule has 1 saturated heterocycles. The molecular formula is C19H22N4O2. The van der Waals surface area contributed by atoms with Crippen LogP contribution in [-0.4, -0.2) is 54.7 Å². The molecule has 0 saturated carbocycles. The van der Waals surface area contributed by atoms with Crippen molar-refractivity contribution in [2.75, 3.05) is 33.2 Å². The topological polar surface area (TPSA) is 61.9 Å². The number of likely N-dealkylation sites (N-methyl/N-ethyl adjacent to an activating group) is 1. The normalized spacial score (nSPS) is 16.6. The Morgan fingerprint density at radius 2 is 2.04 bits per heavy atom. The van der Waals surface area contributed by atoms with Gasteiger partial charge in [0.2, 0.25) is 5.89 Å². The largest absolute Gasteiger partial charge is 0.403 e. The molecule has 25 heavy (non-hydrogen) atoms. The second-order valence-electron chi connectivity index (χ2n) is 6.17. The average Bonchev–Trinajstić information content (AvgIpc) is 2.60. The highest BCUT2D eigenvalue weighted by molar-refractivity contribution is 5.82. The number of nitrogens with zero attached hydrogens (tertiary/aromatic N) is 4. The molecule has 1 aliphatic rings. The zero-order valence-corrected chi connectivity index (χ0v) is 14.7. The molecular weight excluding hydrogens is 316 g/mol. The predicted molar refractivity (Wildman–Crippen MR) is 101 cm³/mol. The van der Waals surface area contributed by atoms with Gasteiger partial charge in [-0.25, -0.2) is 14.8 Å². The number of aryl methyl sites for hydroxylation is 1. The lowest BCUT2D eigenvalue weighted by atomic mass is 10.1. The summed E-state index contributed by atoms with van der Waals surface area (Å²) in [7, 11) is 2.09. The fraction of sp³-hybridized carbons (Fsp3) is 0.316. The third kappa shape index (κ3) is 3.25. The molecule has 0 unspecified atom stereocenters. The Kier molecular flexibility index (Phi) is 4.81. The van der Waals surface area contributed by atoms with E-state index in [1.807, 2.05) is 19.1 Å². The highest BCUT2D eigenvalue weighted by Crippen LogP contribution is 2.24. The number of aliphatic imine (C=N–C) groups is 1. The molecule has 6 nitrogen and oxygen atoms in total. The SMILES string of the molecule is C=C/C(=C(\N=C)N1CCN(C)CC1)c1nc2cccc(C)c2c(=O)o1. The molecule has 0 bridgehead atoms. The molecule has 1 aliphatic heterocycles. The van der Waals surface area contributed by atoms with E-state index in [-0.39, 0.29) is 5.89 Å². The van der Waals surface area contributed by atoms with Crippen LogP contribution in [0.5, 0.6) is 0 Å². The van der Waals surface area contributed by atoms with E-state index in [0.29, 0.717) is 22.3 Å². The predicted octanol–water partition coefficient (Wildman–Crippen LogP) is 2.30. The standard InChI is InChI=1S/C19H22N4O2/c1-5-14(17(20-3)23-11-9-22(4)10-12-23)18-21-15-8-6-7-13(2)16(15)19(24)25-18/h5-8H,1,3,9-12H2,2,4H3/b17-14-. The molecule has 2 heterocycles. The summed E-state index contributed by atoms with van der Waals surface area (Å²) in [5.41, 5.74) is 1.63. The summed E-state index contributed by atoms with van der Waals surface area (Å²) in [5, 5.41) is 0.502. The Hall–Kier alpha value is -2.73. The lowest BCUT2D eigenvalue weighted by Crippen LogP contribution is -2.43. The first-order valence-corrected chi connectivity index (χ1v) is 8.23. The third-order valence-electron chi connectivity index (χ3n) is 4.49. The van der Waals surface area contributed by atoms with Crippen molar-refractivity contribution in [3.63, 3.8) is 0 Å². The first-order chi connectivity index (χ1) is 12.0. The van der Waals surface area contributed by atoms with Crippen LogP contribution in [0.1, 0.15) is 11.5 Å². The van der Waals surface area contributed by atoms with Gasteiger partial charge in [-0.1, -0.05) is 24.8 Å². The molecule has 130 valence electrons. The molecule has 1 fully saturated rings. The summed E-state index contributed by atoms with van der Waals surface area (Å²) in [4.78, 5) is 25.5. The molecule has 0 spiro atoms. The van der Waals surface area contributed by atoms with Crippen molar-refractivity contribution in [3.05, 3.63) is 58.5 Å². The van der Waals surface area contributed by atoms with Crippen molar-refractivity contribution in [1.82, 2.24) is 14.8 Å². The van der Waals surface area contributed by atoms with E-state index in [9.17, 15) is 4.79 Å². The van der Waals surface area contributed by atoms with Gasteiger partial charge in [0.1, 0.15) is 5.82 Å². The van der Waals surface area contributed by atoms with E-state index >= 15 is 0 Å². The quantitative estimate of drug-likeness (QED) is 0.632. The Bertz CT molecular complexity index is 905. The molecule has 0 aliphatic carbocycles. The van der Waals surface area contributed by atoms with Gasteiger partial charge < -0.3 is 14.2 Å². The molecule has 1 aromatic carbocycles. The van der Waals surface area contributed by atoms with Crippen LogP contribution in [0.2, 0.25) is 0 Å². The second-order valence-corrected chi connectivity index (χ2v) is 6.17. The minimum Gasteiger partial charge on any atom is -0.403 e. The summed E-state index contributed by atoms with van der Waals surface area (Å²) in [6.07, 6.45) is 1.62. The summed E-state index contributed by atoms with van der Waals surface area (Å²) in [6.45, 7) is 12.9. The Morgan fingerprint density at radius 1 is 1.32 bits per heavy atom. The molecule has 2 aromatic rings. The maximum absolute atomic E-state index is 12.4. The maximum atomic E-state index is 12.4. The maximum Gasteiger partial charge on any atom is 0.347 e. The van der Waals surface area contributed by atoms with Crippen LogP contribution in [0.4, 0.5) is 0 Å². The van der Waals surface area contributed by atoms with E-state index in [1.54, 1.807) is 12.1 Å². The third-order valence-corrected chi connectivity index (χ3v) is 4.49. The Balaban J connectivity index is 2.13. The number of fused-ring (bicyclic) bond motifs is 1. The molecule has 1 aromatic heterocycles. The van der Waals surface area contributed by atoms with Crippen LogP contribution >= 0.6 is 0 Å². The minimum absolute atomic E-state index is 0.222. The van der Waals surface area contributed by atoms with Gasteiger partial charge in [-0.3, -0.25) is 0 Å². The number of benzene rings is 1. The summed E-state index contributed by atoms with van der Waals surface area (Å²) in [6, 6.07) is 5.55. The van der Waals surface area contributed by atoms with Gasteiger partial charge in [0.15, 0.2) is 0 Å². The van der Waals surface area contributed by atoms with Gasteiger partial charge in [-0.05, 0) is 32.3 Å².